The van der Waals surface area contributed by atoms with Crippen molar-refractivity contribution in [1.82, 2.24) is 0 Å². The van der Waals surface area contributed by atoms with Crippen LogP contribution in [0.2, 0.25) is 0 Å². The molecule has 3 nitrogen and oxygen atoms in total. The van der Waals surface area contributed by atoms with E-state index >= 15 is 0 Å². The lowest BCUT2D eigenvalue weighted by Crippen LogP contribution is -2.26. The van der Waals surface area contributed by atoms with Crippen LogP contribution in [0.3, 0.4) is 0 Å². The number of hydrogen-bond acceptors (Lipinski definition) is 3. The molecule has 0 fully saturated rings. The van der Waals surface area contributed by atoms with E-state index in [-0.39, 0.29) is 12.3 Å². The molecule has 0 aliphatic rings. The van der Waals surface area contributed by atoms with Crippen LogP contribution in [0.25, 0.3) is 0 Å². The van der Waals surface area contributed by atoms with Crippen LogP contribution in [0.1, 0.15) is 27.2 Å². The van der Waals surface area contributed by atoms with Gasteiger partial charge in [-0.2, -0.15) is 0 Å². The standard InChI is InChI=1S/C8H19NO2/c1-4-5-10-8(3)11-6-7(2)9/h7-8H,4-6,9H2,1-3H3. The highest BCUT2D eigenvalue weighted by Crippen LogP contribution is 1.95. The third-order valence-electron chi connectivity index (χ3n) is 1.15. The van der Waals surface area contributed by atoms with Gasteiger partial charge in [-0.05, 0) is 20.3 Å². The van der Waals surface area contributed by atoms with Crippen molar-refractivity contribution in [3.8, 4) is 0 Å². The molecule has 0 rings (SSSR count). The first-order valence-electron chi connectivity index (χ1n) is 4.15. The summed E-state index contributed by atoms with van der Waals surface area (Å²) in [6, 6.07) is 0.0858. The summed E-state index contributed by atoms with van der Waals surface area (Å²) in [6.07, 6.45) is 0.896. The number of ether oxygens (including phenoxy) is 2. The molecule has 2 unspecified atom stereocenters. The van der Waals surface area contributed by atoms with E-state index in [1.165, 1.54) is 0 Å². The van der Waals surface area contributed by atoms with Gasteiger partial charge >= 0.3 is 0 Å². The van der Waals surface area contributed by atoms with Crippen LogP contribution < -0.4 is 5.73 Å². The average Bonchev–Trinajstić information content (AvgIpc) is 1.97. The highest BCUT2D eigenvalue weighted by atomic mass is 16.7. The molecule has 0 amide bonds. The zero-order valence-electron chi connectivity index (χ0n) is 7.67. The first kappa shape index (κ1) is 10.9. The molecular weight excluding hydrogens is 142 g/mol. The maximum Gasteiger partial charge on any atom is 0.154 e. The van der Waals surface area contributed by atoms with Crippen molar-refractivity contribution < 1.29 is 9.47 Å². The van der Waals surface area contributed by atoms with Gasteiger partial charge in [-0.1, -0.05) is 6.92 Å². The van der Waals surface area contributed by atoms with Crippen LogP contribution in [-0.4, -0.2) is 25.5 Å². The van der Waals surface area contributed by atoms with E-state index in [0.29, 0.717) is 6.61 Å². The monoisotopic (exact) mass is 161 g/mol. The van der Waals surface area contributed by atoms with E-state index in [1.807, 2.05) is 13.8 Å². The van der Waals surface area contributed by atoms with Crippen LogP contribution in [-0.2, 0) is 9.47 Å². The van der Waals surface area contributed by atoms with Crippen molar-refractivity contribution in [2.45, 2.75) is 39.5 Å². The van der Waals surface area contributed by atoms with Gasteiger partial charge in [0, 0.05) is 12.6 Å². The van der Waals surface area contributed by atoms with Gasteiger partial charge in [0.25, 0.3) is 0 Å². The van der Waals surface area contributed by atoms with E-state index in [2.05, 4.69) is 6.92 Å². The third-order valence-corrected chi connectivity index (χ3v) is 1.15. The van der Waals surface area contributed by atoms with Gasteiger partial charge in [-0.3, -0.25) is 0 Å². The summed E-state index contributed by atoms with van der Waals surface area (Å²) in [5, 5.41) is 0. The van der Waals surface area contributed by atoms with E-state index in [4.69, 9.17) is 15.2 Å². The minimum absolute atomic E-state index is 0.0858. The van der Waals surface area contributed by atoms with Gasteiger partial charge in [0.2, 0.25) is 0 Å². The molecule has 0 aliphatic heterocycles. The Bertz CT molecular complexity index is 86.2. The molecule has 0 heterocycles. The predicted molar refractivity (Wildman–Crippen MR) is 45.3 cm³/mol. The fourth-order valence-corrected chi connectivity index (χ4v) is 0.619. The summed E-state index contributed by atoms with van der Waals surface area (Å²) in [6.45, 7) is 7.17. The van der Waals surface area contributed by atoms with Crippen molar-refractivity contribution in [2.24, 2.45) is 5.73 Å². The topological polar surface area (TPSA) is 44.5 Å². The molecule has 0 aromatic carbocycles. The van der Waals surface area contributed by atoms with Crippen molar-refractivity contribution in [1.29, 1.82) is 0 Å². The molecule has 0 radical (unpaired) electrons. The van der Waals surface area contributed by atoms with Gasteiger partial charge < -0.3 is 15.2 Å². The minimum Gasteiger partial charge on any atom is -0.353 e. The van der Waals surface area contributed by atoms with Crippen LogP contribution in [0.5, 0.6) is 0 Å². The molecule has 0 bridgehead atoms. The first-order chi connectivity index (χ1) is 5.16. The SMILES string of the molecule is CCCOC(C)OCC(C)N. The quantitative estimate of drug-likeness (QED) is 0.594. The molecule has 0 aliphatic carbocycles. The molecule has 0 aromatic heterocycles. The molecule has 2 N–H and O–H groups in total. The van der Waals surface area contributed by atoms with E-state index in [1.54, 1.807) is 0 Å². The van der Waals surface area contributed by atoms with Crippen molar-refractivity contribution >= 4 is 0 Å². The summed E-state index contributed by atoms with van der Waals surface area (Å²) in [5.74, 6) is 0. The smallest absolute Gasteiger partial charge is 0.154 e. The van der Waals surface area contributed by atoms with Crippen molar-refractivity contribution in [2.75, 3.05) is 13.2 Å². The Labute approximate surface area is 68.9 Å². The summed E-state index contributed by atoms with van der Waals surface area (Å²) in [4.78, 5) is 0. The zero-order valence-corrected chi connectivity index (χ0v) is 7.67. The summed E-state index contributed by atoms with van der Waals surface area (Å²) in [7, 11) is 0. The van der Waals surface area contributed by atoms with Crippen LogP contribution in [0.15, 0.2) is 0 Å². The lowest BCUT2D eigenvalue weighted by atomic mass is 10.4. The summed E-state index contributed by atoms with van der Waals surface area (Å²) >= 11 is 0. The first-order valence-corrected chi connectivity index (χ1v) is 4.15. The minimum atomic E-state index is -0.124. The Morgan fingerprint density at radius 1 is 1.27 bits per heavy atom. The lowest BCUT2D eigenvalue weighted by molar-refractivity contribution is -0.132. The second kappa shape index (κ2) is 6.58. The normalized spacial score (nSPS) is 16.4. The molecule has 0 spiro atoms. The Morgan fingerprint density at radius 3 is 2.36 bits per heavy atom. The second-order valence-corrected chi connectivity index (χ2v) is 2.75. The summed E-state index contributed by atoms with van der Waals surface area (Å²) in [5.41, 5.74) is 5.49. The van der Waals surface area contributed by atoms with Crippen LogP contribution in [0, 0.1) is 0 Å². The van der Waals surface area contributed by atoms with Crippen molar-refractivity contribution in [3.05, 3.63) is 0 Å². The maximum atomic E-state index is 5.49. The maximum absolute atomic E-state index is 5.49. The average molecular weight is 161 g/mol. The molecule has 3 heteroatoms. The van der Waals surface area contributed by atoms with Gasteiger partial charge in [0.15, 0.2) is 6.29 Å². The Morgan fingerprint density at radius 2 is 1.91 bits per heavy atom. The molecule has 11 heavy (non-hydrogen) atoms. The van der Waals surface area contributed by atoms with Gasteiger partial charge in [-0.15, -0.1) is 0 Å². The van der Waals surface area contributed by atoms with Crippen molar-refractivity contribution in [3.63, 3.8) is 0 Å². The van der Waals surface area contributed by atoms with E-state index in [0.717, 1.165) is 13.0 Å². The molecule has 2 atom stereocenters. The van der Waals surface area contributed by atoms with Gasteiger partial charge in [0.1, 0.15) is 0 Å². The molecule has 68 valence electrons. The third kappa shape index (κ3) is 7.78. The fraction of sp³-hybridized carbons (Fsp3) is 1.00. The second-order valence-electron chi connectivity index (χ2n) is 2.75. The highest BCUT2D eigenvalue weighted by Gasteiger charge is 2.01. The van der Waals surface area contributed by atoms with Crippen LogP contribution >= 0.6 is 0 Å². The molecule has 0 saturated carbocycles. The molecular formula is C8H19NO2. The highest BCUT2D eigenvalue weighted by molar-refractivity contribution is 4.48. The largest absolute Gasteiger partial charge is 0.353 e. The molecule has 0 saturated heterocycles. The summed E-state index contributed by atoms with van der Waals surface area (Å²) < 4.78 is 10.5. The number of nitrogens with two attached hydrogens (primary N) is 1. The zero-order chi connectivity index (χ0) is 8.69. The lowest BCUT2D eigenvalue weighted by Gasteiger charge is -2.14. The van der Waals surface area contributed by atoms with E-state index in [9.17, 15) is 0 Å². The number of rotatable bonds is 6. The molecule has 0 aromatic rings. The number of hydrogen-bond donors (Lipinski definition) is 1. The van der Waals surface area contributed by atoms with Gasteiger partial charge in [0.05, 0.1) is 6.61 Å². The van der Waals surface area contributed by atoms with Gasteiger partial charge in [-0.25, -0.2) is 0 Å². The van der Waals surface area contributed by atoms with Crippen LogP contribution in [0.4, 0.5) is 0 Å². The fourth-order valence-electron chi connectivity index (χ4n) is 0.619. The Kier molecular flexibility index (Phi) is 6.51. The predicted octanol–water partition coefficient (Wildman–Crippen LogP) is 1.12. The van der Waals surface area contributed by atoms with E-state index < -0.39 is 0 Å². The Balaban J connectivity index is 3.15. The Hall–Kier alpha value is -0.120.